The summed E-state index contributed by atoms with van der Waals surface area (Å²) in [5.74, 6) is -0.871. The number of carbonyl (C=O) groups is 1. The first-order chi connectivity index (χ1) is 9.40. The third-order valence-corrected chi connectivity index (χ3v) is 4.78. The summed E-state index contributed by atoms with van der Waals surface area (Å²) in [6, 6.07) is 13.5. The molecule has 0 saturated heterocycles. The van der Waals surface area contributed by atoms with Crippen molar-refractivity contribution in [1.82, 2.24) is 0 Å². The van der Waals surface area contributed by atoms with Gasteiger partial charge in [-0.15, -0.1) is 0 Å². The Kier molecular flexibility index (Phi) is 4.04. The van der Waals surface area contributed by atoms with Crippen LogP contribution < -0.4 is 0 Å². The lowest BCUT2D eigenvalue weighted by Crippen LogP contribution is -2.17. The van der Waals surface area contributed by atoms with Crippen LogP contribution in [0.2, 0.25) is 0 Å². The fourth-order valence-electron chi connectivity index (χ4n) is 1.97. The first kappa shape index (κ1) is 14.5. The smallest absolute Gasteiger partial charge is 0.185 e. The summed E-state index contributed by atoms with van der Waals surface area (Å²) >= 11 is 0. The summed E-state index contributed by atoms with van der Waals surface area (Å²) in [6.07, 6.45) is 0. The SMILES string of the molecule is Cc1ccc(S(=O)(=O)CC(=O)c2ccccc2C)cc1. The van der Waals surface area contributed by atoms with Gasteiger partial charge < -0.3 is 0 Å². The van der Waals surface area contributed by atoms with E-state index in [4.69, 9.17) is 0 Å². The fraction of sp³-hybridized carbons (Fsp3) is 0.188. The second-order valence-electron chi connectivity index (χ2n) is 4.81. The van der Waals surface area contributed by atoms with Gasteiger partial charge >= 0.3 is 0 Å². The van der Waals surface area contributed by atoms with Crippen molar-refractivity contribution in [2.75, 3.05) is 5.75 Å². The summed E-state index contributed by atoms with van der Waals surface area (Å²) < 4.78 is 24.4. The maximum Gasteiger partial charge on any atom is 0.185 e. The lowest BCUT2D eigenvalue weighted by Gasteiger charge is -2.06. The minimum atomic E-state index is -3.59. The number of hydrogen-bond acceptors (Lipinski definition) is 3. The second-order valence-corrected chi connectivity index (χ2v) is 6.80. The molecule has 0 saturated carbocycles. The normalized spacial score (nSPS) is 11.3. The van der Waals surface area contributed by atoms with E-state index in [0.717, 1.165) is 11.1 Å². The van der Waals surface area contributed by atoms with E-state index in [-0.39, 0.29) is 10.7 Å². The average molecular weight is 288 g/mol. The number of rotatable bonds is 4. The van der Waals surface area contributed by atoms with E-state index in [9.17, 15) is 13.2 Å². The Hall–Kier alpha value is -1.94. The first-order valence-electron chi connectivity index (χ1n) is 6.28. The van der Waals surface area contributed by atoms with Crippen LogP contribution in [0.25, 0.3) is 0 Å². The Balaban J connectivity index is 2.27. The van der Waals surface area contributed by atoms with Gasteiger partial charge in [0.05, 0.1) is 4.90 Å². The second kappa shape index (κ2) is 5.59. The molecule has 0 aliphatic rings. The summed E-state index contributed by atoms with van der Waals surface area (Å²) in [6.45, 7) is 3.68. The van der Waals surface area contributed by atoms with Crippen LogP contribution in [0, 0.1) is 13.8 Å². The largest absolute Gasteiger partial charge is 0.293 e. The van der Waals surface area contributed by atoms with Gasteiger partial charge in [0.2, 0.25) is 0 Å². The van der Waals surface area contributed by atoms with E-state index in [0.29, 0.717) is 5.56 Å². The summed E-state index contributed by atoms with van der Waals surface area (Å²) in [7, 11) is -3.59. The zero-order chi connectivity index (χ0) is 14.8. The number of aryl methyl sites for hydroxylation is 2. The van der Waals surface area contributed by atoms with Crippen molar-refractivity contribution in [3.8, 4) is 0 Å². The molecule has 0 unspecified atom stereocenters. The molecule has 0 aromatic heterocycles. The van der Waals surface area contributed by atoms with Crippen molar-refractivity contribution < 1.29 is 13.2 Å². The van der Waals surface area contributed by atoms with E-state index < -0.39 is 15.6 Å². The predicted molar refractivity (Wildman–Crippen MR) is 78.7 cm³/mol. The van der Waals surface area contributed by atoms with Crippen molar-refractivity contribution in [3.05, 3.63) is 65.2 Å². The van der Waals surface area contributed by atoms with Crippen LogP contribution in [0.15, 0.2) is 53.4 Å². The highest BCUT2D eigenvalue weighted by molar-refractivity contribution is 7.92. The molecule has 4 heteroatoms. The molecule has 0 N–H and O–H groups in total. The summed E-state index contributed by atoms with van der Waals surface area (Å²) in [4.78, 5) is 12.3. The Morgan fingerprint density at radius 3 is 2.15 bits per heavy atom. The molecular formula is C16H16O3S. The zero-order valence-corrected chi connectivity index (χ0v) is 12.3. The number of carbonyl (C=O) groups excluding carboxylic acids is 1. The quantitative estimate of drug-likeness (QED) is 0.813. The highest BCUT2D eigenvalue weighted by Crippen LogP contribution is 2.15. The molecule has 3 nitrogen and oxygen atoms in total. The molecule has 0 radical (unpaired) electrons. The Labute approximate surface area is 119 Å². The molecule has 0 atom stereocenters. The lowest BCUT2D eigenvalue weighted by atomic mass is 10.1. The van der Waals surface area contributed by atoms with Gasteiger partial charge in [0.25, 0.3) is 0 Å². The van der Waals surface area contributed by atoms with Crippen LogP contribution in [0.4, 0.5) is 0 Å². The highest BCUT2D eigenvalue weighted by Gasteiger charge is 2.21. The highest BCUT2D eigenvalue weighted by atomic mass is 32.2. The van der Waals surface area contributed by atoms with Gasteiger partial charge in [-0.1, -0.05) is 42.0 Å². The first-order valence-corrected chi connectivity index (χ1v) is 7.93. The fourth-order valence-corrected chi connectivity index (χ4v) is 3.18. The molecule has 0 amide bonds. The standard InChI is InChI=1S/C16H16O3S/c1-12-7-9-14(10-8-12)20(18,19)11-16(17)15-6-4-3-5-13(15)2/h3-10H,11H2,1-2H3. The van der Waals surface area contributed by atoms with Crippen LogP contribution in [-0.4, -0.2) is 20.0 Å². The van der Waals surface area contributed by atoms with Gasteiger partial charge in [-0.25, -0.2) is 8.42 Å². The molecule has 104 valence electrons. The number of ketones is 1. The Morgan fingerprint density at radius 1 is 0.950 bits per heavy atom. The van der Waals surface area contributed by atoms with Crippen LogP contribution in [0.3, 0.4) is 0 Å². The molecule has 0 aliphatic heterocycles. The molecule has 0 aliphatic carbocycles. The van der Waals surface area contributed by atoms with Crippen molar-refractivity contribution in [3.63, 3.8) is 0 Å². The predicted octanol–water partition coefficient (Wildman–Crippen LogP) is 2.96. The van der Waals surface area contributed by atoms with Gasteiger partial charge in [0.15, 0.2) is 15.6 Å². The zero-order valence-electron chi connectivity index (χ0n) is 11.5. The lowest BCUT2D eigenvalue weighted by molar-refractivity contribution is 0.102. The Morgan fingerprint density at radius 2 is 1.55 bits per heavy atom. The molecule has 0 bridgehead atoms. The van der Waals surface area contributed by atoms with Crippen LogP contribution >= 0.6 is 0 Å². The number of hydrogen-bond donors (Lipinski definition) is 0. The average Bonchev–Trinajstić information content (AvgIpc) is 2.39. The third kappa shape index (κ3) is 3.14. The van der Waals surface area contributed by atoms with Gasteiger partial charge in [-0.2, -0.15) is 0 Å². The minimum absolute atomic E-state index is 0.185. The van der Waals surface area contributed by atoms with E-state index in [2.05, 4.69) is 0 Å². The van der Waals surface area contributed by atoms with E-state index >= 15 is 0 Å². The van der Waals surface area contributed by atoms with Crippen LogP contribution in [0.5, 0.6) is 0 Å². The van der Waals surface area contributed by atoms with Gasteiger partial charge in [0, 0.05) is 5.56 Å². The molecular weight excluding hydrogens is 272 g/mol. The van der Waals surface area contributed by atoms with Crippen LogP contribution in [-0.2, 0) is 9.84 Å². The minimum Gasteiger partial charge on any atom is -0.293 e. The van der Waals surface area contributed by atoms with Crippen LogP contribution in [0.1, 0.15) is 21.5 Å². The third-order valence-electron chi connectivity index (χ3n) is 3.15. The molecule has 0 heterocycles. The number of sulfone groups is 1. The molecule has 20 heavy (non-hydrogen) atoms. The number of benzene rings is 2. The summed E-state index contributed by atoms with van der Waals surface area (Å²) in [5, 5.41) is 0. The maximum atomic E-state index is 12.2. The molecule has 2 rings (SSSR count). The van der Waals surface area contributed by atoms with Crippen molar-refractivity contribution in [2.45, 2.75) is 18.7 Å². The summed E-state index contributed by atoms with van der Waals surface area (Å²) in [5.41, 5.74) is 2.23. The molecule has 0 fully saturated rings. The van der Waals surface area contributed by atoms with Gasteiger partial charge in [-0.05, 0) is 31.5 Å². The molecule has 2 aromatic rings. The number of Topliss-reactive ketones (excluding diaryl/α,β-unsaturated/α-hetero) is 1. The Bertz CT molecular complexity index is 729. The van der Waals surface area contributed by atoms with Crippen molar-refractivity contribution >= 4 is 15.6 Å². The van der Waals surface area contributed by atoms with E-state index in [1.54, 1.807) is 37.3 Å². The van der Waals surface area contributed by atoms with Gasteiger partial charge in [-0.3, -0.25) is 4.79 Å². The van der Waals surface area contributed by atoms with E-state index in [1.807, 2.05) is 13.0 Å². The maximum absolute atomic E-state index is 12.2. The van der Waals surface area contributed by atoms with E-state index in [1.165, 1.54) is 12.1 Å². The monoisotopic (exact) mass is 288 g/mol. The van der Waals surface area contributed by atoms with Crippen molar-refractivity contribution in [2.24, 2.45) is 0 Å². The topological polar surface area (TPSA) is 51.2 Å². The van der Waals surface area contributed by atoms with Gasteiger partial charge in [0.1, 0.15) is 5.75 Å². The molecule has 2 aromatic carbocycles. The van der Waals surface area contributed by atoms with Crippen molar-refractivity contribution in [1.29, 1.82) is 0 Å². The molecule has 0 spiro atoms.